The molecule has 0 aliphatic heterocycles. The van der Waals surface area contributed by atoms with Crippen LogP contribution in [-0.4, -0.2) is 31.0 Å². The van der Waals surface area contributed by atoms with Gasteiger partial charge in [-0.2, -0.15) is 0 Å². The second kappa shape index (κ2) is 8.25. The van der Waals surface area contributed by atoms with Gasteiger partial charge in [0.2, 0.25) is 0 Å². The van der Waals surface area contributed by atoms with Gasteiger partial charge in [-0.25, -0.2) is 0 Å². The predicted octanol–water partition coefficient (Wildman–Crippen LogP) is 2.37. The van der Waals surface area contributed by atoms with Crippen molar-refractivity contribution in [3.8, 4) is 0 Å². The number of hydrogen-bond donors (Lipinski definition) is 2. The average Bonchev–Trinajstić information content (AvgIpc) is 2.37. The molecule has 18 heavy (non-hydrogen) atoms. The third kappa shape index (κ3) is 5.17. The monoisotopic (exact) mass is 251 g/mol. The van der Waals surface area contributed by atoms with Crippen molar-refractivity contribution >= 4 is 0 Å². The molecule has 2 N–H and O–H groups in total. The summed E-state index contributed by atoms with van der Waals surface area (Å²) in [7, 11) is 0. The van der Waals surface area contributed by atoms with Crippen LogP contribution in [-0.2, 0) is 4.74 Å². The molecule has 0 heterocycles. The van der Waals surface area contributed by atoms with Crippen molar-refractivity contribution in [2.75, 3.05) is 19.8 Å². The SMILES string of the molecule is CCOCC(O)CNC(c1ccccc1)C(C)C. The molecule has 0 saturated heterocycles. The lowest BCUT2D eigenvalue weighted by atomic mass is 9.96. The molecule has 1 aromatic rings. The minimum absolute atomic E-state index is 0.266. The van der Waals surface area contributed by atoms with Gasteiger partial charge in [-0.05, 0) is 18.4 Å². The highest BCUT2D eigenvalue weighted by Gasteiger charge is 2.16. The fourth-order valence-electron chi connectivity index (χ4n) is 1.97. The lowest BCUT2D eigenvalue weighted by Crippen LogP contribution is -2.35. The summed E-state index contributed by atoms with van der Waals surface area (Å²) in [5, 5.41) is 13.2. The highest BCUT2D eigenvalue weighted by Crippen LogP contribution is 2.20. The summed E-state index contributed by atoms with van der Waals surface area (Å²) in [6, 6.07) is 10.6. The Balaban J connectivity index is 2.49. The minimum Gasteiger partial charge on any atom is -0.389 e. The number of rotatable bonds is 8. The molecule has 0 aliphatic carbocycles. The summed E-state index contributed by atoms with van der Waals surface area (Å²) in [6.45, 7) is 7.88. The highest BCUT2D eigenvalue weighted by molar-refractivity contribution is 5.19. The molecule has 1 rings (SSSR count). The van der Waals surface area contributed by atoms with Gasteiger partial charge >= 0.3 is 0 Å². The van der Waals surface area contributed by atoms with Crippen LogP contribution in [0.2, 0.25) is 0 Å². The van der Waals surface area contributed by atoms with Crippen molar-refractivity contribution in [1.29, 1.82) is 0 Å². The number of aliphatic hydroxyl groups excluding tert-OH is 1. The maximum atomic E-state index is 9.77. The zero-order chi connectivity index (χ0) is 13.4. The van der Waals surface area contributed by atoms with Crippen molar-refractivity contribution < 1.29 is 9.84 Å². The van der Waals surface area contributed by atoms with E-state index in [2.05, 4.69) is 31.3 Å². The van der Waals surface area contributed by atoms with Crippen LogP contribution >= 0.6 is 0 Å². The highest BCUT2D eigenvalue weighted by atomic mass is 16.5. The van der Waals surface area contributed by atoms with E-state index < -0.39 is 6.10 Å². The molecule has 0 aromatic heterocycles. The van der Waals surface area contributed by atoms with Gasteiger partial charge in [0, 0.05) is 19.2 Å². The Labute approximate surface area is 110 Å². The predicted molar refractivity (Wildman–Crippen MR) is 74.5 cm³/mol. The zero-order valence-corrected chi connectivity index (χ0v) is 11.6. The second-order valence-corrected chi connectivity index (χ2v) is 4.85. The molecular weight excluding hydrogens is 226 g/mol. The van der Waals surface area contributed by atoms with Gasteiger partial charge in [0.1, 0.15) is 0 Å². The average molecular weight is 251 g/mol. The molecule has 0 spiro atoms. The number of benzene rings is 1. The summed E-state index contributed by atoms with van der Waals surface area (Å²) in [6.07, 6.45) is -0.449. The van der Waals surface area contributed by atoms with Crippen LogP contribution in [0.3, 0.4) is 0 Å². The van der Waals surface area contributed by atoms with Gasteiger partial charge in [-0.3, -0.25) is 0 Å². The second-order valence-electron chi connectivity index (χ2n) is 4.85. The first kappa shape index (κ1) is 15.2. The van der Waals surface area contributed by atoms with E-state index in [1.54, 1.807) is 0 Å². The molecule has 1 aromatic carbocycles. The molecule has 0 radical (unpaired) electrons. The van der Waals surface area contributed by atoms with E-state index >= 15 is 0 Å². The summed E-state index contributed by atoms with van der Waals surface area (Å²) < 4.78 is 5.20. The first-order chi connectivity index (χ1) is 8.65. The molecule has 102 valence electrons. The molecular formula is C15H25NO2. The summed E-state index contributed by atoms with van der Waals surface area (Å²) in [4.78, 5) is 0. The van der Waals surface area contributed by atoms with Gasteiger partial charge < -0.3 is 15.2 Å². The topological polar surface area (TPSA) is 41.5 Å². The fraction of sp³-hybridized carbons (Fsp3) is 0.600. The van der Waals surface area contributed by atoms with E-state index in [0.717, 1.165) is 0 Å². The first-order valence-corrected chi connectivity index (χ1v) is 6.69. The third-order valence-corrected chi connectivity index (χ3v) is 2.91. The van der Waals surface area contributed by atoms with Crippen molar-refractivity contribution in [2.45, 2.75) is 32.9 Å². The minimum atomic E-state index is -0.449. The summed E-state index contributed by atoms with van der Waals surface area (Å²) in [5.41, 5.74) is 1.26. The fourth-order valence-corrected chi connectivity index (χ4v) is 1.97. The Morgan fingerprint density at radius 2 is 1.89 bits per heavy atom. The van der Waals surface area contributed by atoms with E-state index in [-0.39, 0.29) is 6.04 Å². The maximum Gasteiger partial charge on any atom is 0.0897 e. The normalized spacial score (nSPS) is 14.7. The van der Waals surface area contributed by atoms with Crippen LogP contribution in [0.15, 0.2) is 30.3 Å². The number of nitrogens with one attached hydrogen (secondary N) is 1. The third-order valence-electron chi connectivity index (χ3n) is 2.91. The Morgan fingerprint density at radius 3 is 2.44 bits per heavy atom. The molecule has 0 saturated carbocycles. The lowest BCUT2D eigenvalue weighted by Gasteiger charge is -2.24. The Bertz CT molecular complexity index is 314. The van der Waals surface area contributed by atoms with Crippen LogP contribution < -0.4 is 5.32 Å². The number of ether oxygens (including phenoxy) is 1. The maximum absolute atomic E-state index is 9.77. The number of aliphatic hydroxyl groups is 1. The van der Waals surface area contributed by atoms with Crippen molar-refractivity contribution in [1.82, 2.24) is 5.32 Å². The molecule has 3 nitrogen and oxygen atoms in total. The summed E-state index contributed by atoms with van der Waals surface area (Å²) >= 11 is 0. The Kier molecular flexibility index (Phi) is 6.94. The molecule has 0 fully saturated rings. The number of hydrogen-bond acceptors (Lipinski definition) is 3. The smallest absolute Gasteiger partial charge is 0.0897 e. The Morgan fingerprint density at radius 1 is 1.22 bits per heavy atom. The van der Waals surface area contributed by atoms with Gasteiger partial charge in [0.15, 0.2) is 0 Å². The molecule has 0 aliphatic rings. The van der Waals surface area contributed by atoms with Gasteiger partial charge in [0.25, 0.3) is 0 Å². The van der Waals surface area contributed by atoms with Crippen molar-refractivity contribution in [3.05, 3.63) is 35.9 Å². The van der Waals surface area contributed by atoms with Crippen molar-refractivity contribution in [2.24, 2.45) is 5.92 Å². The van der Waals surface area contributed by atoms with Gasteiger partial charge in [-0.15, -0.1) is 0 Å². The van der Waals surface area contributed by atoms with Crippen LogP contribution in [0.4, 0.5) is 0 Å². The largest absolute Gasteiger partial charge is 0.389 e. The van der Waals surface area contributed by atoms with E-state index in [9.17, 15) is 5.11 Å². The van der Waals surface area contributed by atoms with Crippen LogP contribution in [0, 0.1) is 5.92 Å². The van der Waals surface area contributed by atoms with Gasteiger partial charge in [-0.1, -0.05) is 44.2 Å². The van der Waals surface area contributed by atoms with Crippen LogP contribution in [0.25, 0.3) is 0 Å². The Hall–Kier alpha value is -0.900. The summed E-state index contributed by atoms with van der Waals surface area (Å²) in [5.74, 6) is 0.478. The standard InChI is InChI=1S/C15H25NO2/c1-4-18-11-14(17)10-16-15(12(2)3)13-8-6-5-7-9-13/h5-9,12,14-17H,4,10-11H2,1-3H3. The first-order valence-electron chi connectivity index (χ1n) is 6.69. The van der Waals surface area contributed by atoms with Crippen molar-refractivity contribution in [3.63, 3.8) is 0 Å². The van der Waals surface area contributed by atoms with Crippen LogP contribution in [0.5, 0.6) is 0 Å². The molecule has 2 atom stereocenters. The van der Waals surface area contributed by atoms with Gasteiger partial charge in [0.05, 0.1) is 12.7 Å². The molecule has 0 amide bonds. The van der Waals surface area contributed by atoms with E-state index in [1.165, 1.54) is 5.56 Å². The molecule has 0 bridgehead atoms. The zero-order valence-electron chi connectivity index (χ0n) is 11.6. The lowest BCUT2D eigenvalue weighted by molar-refractivity contribution is 0.0405. The van der Waals surface area contributed by atoms with E-state index in [4.69, 9.17) is 4.74 Å². The molecule has 2 unspecified atom stereocenters. The van der Waals surface area contributed by atoms with E-state index in [0.29, 0.717) is 25.7 Å². The quantitative estimate of drug-likeness (QED) is 0.745. The van der Waals surface area contributed by atoms with Crippen LogP contribution in [0.1, 0.15) is 32.4 Å². The molecule has 3 heteroatoms. The van der Waals surface area contributed by atoms with E-state index in [1.807, 2.05) is 25.1 Å².